The Balaban J connectivity index is 2.10. The molecule has 6 heteroatoms. The molecule has 1 aromatic heterocycles. The second kappa shape index (κ2) is 5.30. The molecule has 2 N–H and O–H groups in total. The number of amides is 1. The molecule has 1 atom stereocenters. The third-order valence-electron chi connectivity index (χ3n) is 3.16. The monoisotopic (exact) mass is 253 g/mol. The third kappa shape index (κ3) is 2.76. The summed E-state index contributed by atoms with van der Waals surface area (Å²) in [6.45, 7) is 2.68. The fourth-order valence-corrected chi connectivity index (χ4v) is 2.27. The number of aryl methyl sites for hydroxylation is 1. The molecule has 5 nitrogen and oxygen atoms in total. The van der Waals surface area contributed by atoms with E-state index in [0.717, 1.165) is 24.9 Å². The highest BCUT2D eigenvalue weighted by Gasteiger charge is 2.27. The van der Waals surface area contributed by atoms with Crippen LogP contribution in [0.15, 0.2) is 12.3 Å². The molecule has 0 aromatic carbocycles. The van der Waals surface area contributed by atoms with Crippen LogP contribution >= 0.6 is 0 Å². The van der Waals surface area contributed by atoms with Gasteiger partial charge in [0.15, 0.2) is 0 Å². The topological polar surface area (TPSA) is 68.5 Å². The molecule has 2 heterocycles. The molecule has 1 saturated heterocycles. The standard InChI is InChI=1S/C12H16FN3O2/c1-8-5-9(6-15-11(8)13)10-3-2-4-16(10)7-18-12(14)17/h5-6,10H,2-4,7H2,1H3,(H2,14,17)/t10-/m1/s1. The lowest BCUT2D eigenvalue weighted by Crippen LogP contribution is -2.29. The number of pyridine rings is 1. The summed E-state index contributed by atoms with van der Waals surface area (Å²) in [7, 11) is 0. The summed E-state index contributed by atoms with van der Waals surface area (Å²) in [5.41, 5.74) is 6.42. The Morgan fingerprint density at radius 1 is 1.72 bits per heavy atom. The van der Waals surface area contributed by atoms with Crippen LogP contribution in [-0.2, 0) is 4.74 Å². The van der Waals surface area contributed by atoms with E-state index in [1.54, 1.807) is 13.0 Å². The molecule has 1 fully saturated rings. The van der Waals surface area contributed by atoms with Gasteiger partial charge >= 0.3 is 6.09 Å². The Morgan fingerprint density at radius 3 is 3.17 bits per heavy atom. The van der Waals surface area contributed by atoms with E-state index in [1.165, 1.54) is 6.20 Å². The van der Waals surface area contributed by atoms with Crippen molar-refractivity contribution in [3.05, 3.63) is 29.3 Å². The first-order chi connectivity index (χ1) is 8.58. The molecule has 0 saturated carbocycles. The Labute approximate surface area is 105 Å². The molecule has 0 aliphatic carbocycles. The number of carbonyl (C=O) groups excluding carboxylic acids is 1. The minimum Gasteiger partial charge on any atom is -0.434 e. The quantitative estimate of drug-likeness (QED) is 0.833. The fraction of sp³-hybridized carbons (Fsp3) is 0.500. The van der Waals surface area contributed by atoms with Gasteiger partial charge in [0, 0.05) is 24.3 Å². The number of nitrogens with zero attached hydrogens (tertiary/aromatic N) is 2. The number of hydrogen-bond acceptors (Lipinski definition) is 4. The van der Waals surface area contributed by atoms with Gasteiger partial charge in [-0.1, -0.05) is 0 Å². The normalized spacial score (nSPS) is 20.0. The zero-order chi connectivity index (χ0) is 13.1. The maximum absolute atomic E-state index is 13.1. The highest BCUT2D eigenvalue weighted by atomic mass is 19.1. The number of ether oxygens (including phenoxy) is 1. The number of halogens is 1. The van der Waals surface area contributed by atoms with Crippen molar-refractivity contribution >= 4 is 6.09 Å². The van der Waals surface area contributed by atoms with Gasteiger partial charge in [0.1, 0.15) is 6.73 Å². The summed E-state index contributed by atoms with van der Waals surface area (Å²) < 4.78 is 17.9. The van der Waals surface area contributed by atoms with Crippen molar-refractivity contribution in [1.82, 2.24) is 9.88 Å². The summed E-state index contributed by atoms with van der Waals surface area (Å²) in [5, 5.41) is 0. The average molecular weight is 253 g/mol. The molecule has 1 aliphatic rings. The molecule has 0 bridgehead atoms. The maximum Gasteiger partial charge on any atom is 0.405 e. The number of aromatic nitrogens is 1. The van der Waals surface area contributed by atoms with Gasteiger partial charge in [-0.25, -0.2) is 9.78 Å². The fourth-order valence-electron chi connectivity index (χ4n) is 2.27. The van der Waals surface area contributed by atoms with Crippen molar-refractivity contribution in [3.63, 3.8) is 0 Å². The zero-order valence-corrected chi connectivity index (χ0v) is 10.2. The third-order valence-corrected chi connectivity index (χ3v) is 3.16. The number of primary amides is 1. The minimum atomic E-state index is -0.783. The molecule has 18 heavy (non-hydrogen) atoms. The van der Waals surface area contributed by atoms with Crippen LogP contribution < -0.4 is 5.73 Å². The average Bonchev–Trinajstić information content (AvgIpc) is 2.78. The van der Waals surface area contributed by atoms with Crippen LogP contribution in [0.2, 0.25) is 0 Å². The maximum atomic E-state index is 13.1. The number of rotatable bonds is 3. The summed E-state index contributed by atoms with van der Waals surface area (Å²) in [4.78, 5) is 16.3. The molecular weight excluding hydrogens is 237 g/mol. The van der Waals surface area contributed by atoms with E-state index in [1.807, 2.05) is 4.90 Å². The Kier molecular flexibility index (Phi) is 3.76. The number of hydrogen-bond donors (Lipinski definition) is 1. The molecule has 1 aliphatic heterocycles. The molecule has 0 unspecified atom stereocenters. The van der Waals surface area contributed by atoms with Gasteiger partial charge in [-0.2, -0.15) is 4.39 Å². The van der Waals surface area contributed by atoms with Crippen LogP contribution in [0.5, 0.6) is 0 Å². The highest BCUT2D eigenvalue weighted by Crippen LogP contribution is 2.31. The van der Waals surface area contributed by atoms with Crippen molar-refractivity contribution in [2.24, 2.45) is 5.73 Å². The van der Waals surface area contributed by atoms with Crippen LogP contribution in [0, 0.1) is 12.9 Å². The van der Waals surface area contributed by atoms with Crippen molar-refractivity contribution in [2.75, 3.05) is 13.3 Å². The van der Waals surface area contributed by atoms with Crippen LogP contribution in [-0.4, -0.2) is 29.3 Å². The van der Waals surface area contributed by atoms with Crippen molar-refractivity contribution in [2.45, 2.75) is 25.8 Å². The van der Waals surface area contributed by atoms with Gasteiger partial charge in [-0.05, 0) is 31.4 Å². The molecule has 2 rings (SSSR count). The molecule has 0 spiro atoms. The molecule has 1 aromatic rings. The van der Waals surface area contributed by atoms with E-state index in [-0.39, 0.29) is 12.8 Å². The van der Waals surface area contributed by atoms with Gasteiger partial charge in [0.2, 0.25) is 5.95 Å². The number of nitrogens with two attached hydrogens (primary N) is 1. The SMILES string of the molecule is Cc1cc([C@H]2CCCN2COC(N)=O)cnc1F. The Bertz CT molecular complexity index is 453. The van der Waals surface area contributed by atoms with E-state index in [0.29, 0.717) is 5.56 Å². The van der Waals surface area contributed by atoms with E-state index in [9.17, 15) is 9.18 Å². The van der Waals surface area contributed by atoms with E-state index >= 15 is 0 Å². The molecule has 1 amide bonds. The van der Waals surface area contributed by atoms with Crippen LogP contribution in [0.3, 0.4) is 0 Å². The van der Waals surface area contributed by atoms with Crippen molar-refractivity contribution in [1.29, 1.82) is 0 Å². The number of likely N-dealkylation sites (tertiary alicyclic amines) is 1. The predicted octanol–water partition coefficient (Wildman–Crippen LogP) is 1.72. The van der Waals surface area contributed by atoms with Crippen LogP contribution in [0.25, 0.3) is 0 Å². The largest absolute Gasteiger partial charge is 0.434 e. The summed E-state index contributed by atoms with van der Waals surface area (Å²) in [6, 6.07) is 1.89. The Morgan fingerprint density at radius 2 is 2.50 bits per heavy atom. The summed E-state index contributed by atoms with van der Waals surface area (Å²) in [5.74, 6) is -0.448. The van der Waals surface area contributed by atoms with E-state index in [4.69, 9.17) is 10.5 Å². The van der Waals surface area contributed by atoms with E-state index in [2.05, 4.69) is 4.98 Å². The first kappa shape index (κ1) is 12.8. The molecule has 0 radical (unpaired) electrons. The molecular formula is C12H16FN3O2. The summed E-state index contributed by atoms with van der Waals surface area (Å²) >= 11 is 0. The number of carbonyl (C=O) groups is 1. The minimum absolute atomic E-state index is 0.108. The second-order valence-electron chi connectivity index (χ2n) is 4.44. The summed E-state index contributed by atoms with van der Waals surface area (Å²) in [6.07, 6.45) is 2.70. The van der Waals surface area contributed by atoms with Crippen LogP contribution in [0.1, 0.15) is 30.0 Å². The second-order valence-corrected chi connectivity index (χ2v) is 4.44. The van der Waals surface area contributed by atoms with Crippen LogP contribution in [0.4, 0.5) is 9.18 Å². The first-order valence-corrected chi connectivity index (χ1v) is 5.86. The lowest BCUT2D eigenvalue weighted by atomic mass is 10.1. The van der Waals surface area contributed by atoms with Gasteiger partial charge in [0.05, 0.1) is 0 Å². The van der Waals surface area contributed by atoms with Gasteiger partial charge < -0.3 is 10.5 Å². The van der Waals surface area contributed by atoms with Crippen molar-refractivity contribution in [3.8, 4) is 0 Å². The van der Waals surface area contributed by atoms with Gasteiger partial charge in [0.25, 0.3) is 0 Å². The highest BCUT2D eigenvalue weighted by molar-refractivity contribution is 5.64. The first-order valence-electron chi connectivity index (χ1n) is 5.86. The van der Waals surface area contributed by atoms with Crippen molar-refractivity contribution < 1.29 is 13.9 Å². The lowest BCUT2D eigenvalue weighted by molar-refractivity contribution is 0.0670. The van der Waals surface area contributed by atoms with Gasteiger partial charge in [-0.15, -0.1) is 0 Å². The Hall–Kier alpha value is -1.69. The van der Waals surface area contributed by atoms with E-state index < -0.39 is 12.0 Å². The smallest absolute Gasteiger partial charge is 0.405 e. The molecule has 98 valence electrons. The lowest BCUT2D eigenvalue weighted by Gasteiger charge is -2.23. The van der Waals surface area contributed by atoms with Gasteiger partial charge in [-0.3, -0.25) is 4.90 Å². The zero-order valence-electron chi connectivity index (χ0n) is 10.2. The predicted molar refractivity (Wildman–Crippen MR) is 63.1 cm³/mol.